The minimum atomic E-state index is -4.47. The highest BCUT2D eigenvalue weighted by atomic mass is 31.2. The minimum absolute atomic E-state index is 0.0313. The monoisotopic (exact) mass is 1180 g/mol. The molecule has 1 amide bonds. The first kappa shape index (κ1) is 79.7. The van der Waals surface area contributed by atoms with Crippen LogP contribution >= 0.6 is 7.82 Å². The number of phosphoric acid groups is 1. The molecule has 0 radical (unpaired) electrons. The van der Waals surface area contributed by atoms with Crippen molar-refractivity contribution in [3.63, 3.8) is 0 Å². The summed E-state index contributed by atoms with van der Waals surface area (Å²) >= 11 is 0. The quantitative estimate of drug-likeness (QED) is 0.0205. The SMILES string of the molecule is CC/C=C\C/C=C\C/C=C\C/C=C\C/C=C\CCCCCCCCCCCCCC(=O)NC(COP(=O)(O)OCC[N+](C)(C)C)C(/C=C\CCCCCCCCCCCCC)OC(=O)CCCCCC/C=C\C/C=C\C/C=C\CCCCC. The van der Waals surface area contributed by atoms with Crippen molar-refractivity contribution in [1.29, 1.82) is 0 Å². The summed E-state index contributed by atoms with van der Waals surface area (Å²) in [5.74, 6) is -0.534. The maximum absolute atomic E-state index is 13.6. The summed E-state index contributed by atoms with van der Waals surface area (Å²) in [5.41, 5.74) is 0. The second-order valence-electron chi connectivity index (χ2n) is 24.0. The third-order valence-corrected chi connectivity index (χ3v) is 15.7. The Morgan fingerprint density at radius 3 is 1.18 bits per heavy atom. The molecule has 3 atom stereocenters. The van der Waals surface area contributed by atoms with Crippen molar-refractivity contribution >= 4 is 19.7 Å². The topological polar surface area (TPSA) is 111 Å². The van der Waals surface area contributed by atoms with Gasteiger partial charge in [-0.15, -0.1) is 0 Å². The standard InChI is InChI=1S/C73H129N2O7P/c1-7-10-13-16-19-22-25-28-30-32-33-34-35-36-37-38-39-40-41-43-44-47-50-53-56-59-62-65-72(76)74-70(69-81-83(78,79)80-68-67-75(4,5)6)71(64-61-58-55-52-49-46-27-24-21-18-15-12-9-3)82-73(77)66-63-60-57-54-51-48-45-42-31-29-26-23-20-17-14-11-8-2/h10,13,19-20,22-23,28-31,33-34,36-37,45,48,61,64,70-71H,7-9,11-12,14-18,21,24-27,32,35,38-44,46-47,49-60,62-63,65-69H2,1-6H3,(H-,74,76,78,79)/p+1/b13-10-,22-19-,23-20-,30-28-,31-29-,34-33-,37-36-,48-45-,64-61-. The number of allylic oxidation sites excluding steroid dienone is 17. The van der Waals surface area contributed by atoms with E-state index in [2.05, 4.69) is 123 Å². The zero-order valence-electron chi connectivity index (χ0n) is 54.7. The fourth-order valence-electron chi connectivity index (χ4n) is 9.44. The second-order valence-corrected chi connectivity index (χ2v) is 25.4. The molecule has 0 saturated carbocycles. The van der Waals surface area contributed by atoms with Gasteiger partial charge in [0.1, 0.15) is 19.3 Å². The van der Waals surface area contributed by atoms with E-state index in [0.29, 0.717) is 23.9 Å². The maximum Gasteiger partial charge on any atom is 0.472 e. The Bertz CT molecular complexity index is 1790. The van der Waals surface area contributed by atoms with Crippen molar-refractivity contribution < 1.29 is 37.3 Å². The van der Waals surface area contributed by atoms with E-state index in [1.165, 1.54) is 128 Å². The Hall–Kier alpha value is -3.33. The molecule has 0 aliphatic heterocycles. The number of carbonyl (C=O) groups excluding carboxylic acids is 2. The number of esters is 1. The van der Waals surface area contributed by atoms with Crippen LogP contribution < -0.4 is 5.32 Å². The second kappa shape index (κ2) is 61.7. The van der Waals surface area contributed by atoms with Crippen molar-refractivity contribution in [2.45, 2.75) is 303 Å². The molecule has 0 aliphatic rings. The van der Waals surface area contributed by atoms with Crippen LogP contribution in [-0.4, -0.2) is 74.3 Å². The summed E-state index contributed by atoms with van der Waals surface area (Å²) < 4.78 is 30.8. The third-order valence-electron chi connectivity index (χ3n) is 14.7. The molecular weight excluding hydrogens is 1050 g/mol. The Kier molecular flexibility index (Phi) is 59.3. The summed E-state index contributed by atoms with van der Waals surface area (Å²) in [6.07, 6.45) is 85.2. The predicted molar refractivity (Wildman–Crippen MR) is 360 cm³/mol. The van der Waals surface area contributed by atoms with Crippen LogP contribution in [0.2, 0.25) is 0 Å². The lowest BCUT2D eigenvalue weighted by Crippen LogP contribution is -2.47. The summed E-state index contributed by atoms with van der Waals surface area (Å²) in [7, 11) is 1.47. The Morgan fingerprint density at radius 1 is 0.434 bits per heavy atom. The van der Waals surface area contributed by atoms with Gasteiger partial charge < -0.3 is 19.4 Å². The normalized spacial score (nSPS) is 14.3. The van der Waals surface area contributed by atoms with Crippen LogP contribution in [0, 0.1) is 0 Å². The van der Waals surface area contributed by atoms with Gasteiger partial charge in [0.15, 0.2) is 0 Å². The molecule has 478 valence electrons. The van der Waals surface area contributed by atoms with E-state index >= 15 is 0 Å². The number of carbonyl (C=O) groups is 2. The smallest absolute Gasteiger partial charge is 0.456 e. The molecule has 0 spiro atoms. The molecule has 9 nitrogen and oxygen atoms in total. The van der Waals surface area contributed by atoms with Crippen LogP contribution in [0.5, 0.6) is 0 Å². The van der Waals surface area contributed by atoms with Crippen molar-refractivity contribution in [2.24, 2.45) is 0 Å². The van der Waals surface area contributed by atoms with Gasteiger partial charge in [-0.1, -0.05) is 272 Å². The number of nitrogens with zero attached hydrogens (tertiary/aromatic N) is 1. The average molecular weight is 1180 g/mol. The van der Waals surface area contributed by atoms with Crippen LogP contribution in [0.3, 0.4) is 0 Å². The number of nitrogens with one attached hydrogen (secondary N) is 1. The van der Waals surface area contributed by atoms with E-state index in [4.69, 9.17) is 13.8 Å². The molecule has 3 unspecified atom stereocenters. The number of phosphoric ester groups is 1. The first-order valence-corrected chi connectivity index (χ1v) is 35.7. The van der Waals surface area contributed by atoms with Crippen LogP contribution in [0.1, 0.15) is 290 Å². The molecule has 0 aromatic heterocycles. The molecule has 0 aromatic rings. The molecule has 0 bridgehead atoms. The minimum Gasteiger partial charge on any atom is -0.456 e. The zero-order chi connectivity index (χ0) is 60.7. The molecule has 0 saturated heterocycles. The molecule has 0 aromatic carbocycles. The van der Waals surface area contributed by atoms with E-state index in [0.717, 1.165) is 122 Å². The summed E-state index contributed by atoms with van der Waals surface area (Å²) in [4.78, 5) is 37.9. The van der Waals surface area contributed by atoms with Crippen molar-refractivity contribution in [3.8, 4) is 0 Å². The Morgan fingerprint density at radius 2 is 0.771 bits per heavy atom. The maximum atomic E-state index is 13.6. The lowest BCUT2D eigenvalue weighted by Gasteiger charge is -2.27. The van der Waals surface area contributed by atoms with Gasteiger partial charge in [0.25, 0.3) is 0 Å². The number of hydrogen-bond donors (Lipinski definition) is 2. The molecule has 0 aliphatic carbocycles. The van der Waals surface area contributed by atoms with E-state index in [9.17, 15) is 19.0 Å². The fourth-order valence-corrected chi connectivity index (χ4v) is 10.2. The van der Waals surface area contributed by atoms with Crippen molar-refractivity contribution in [1.82, 2.24) is 5.32 Å². The van der Waals surface area contributed by atoms with Gasteiger partial charge in [0.05, 0.1) is 33.8 Å². The highest BCUT2D eigenvalue weighted by Gasteiger charge is 2.30. The van der Waals surface area contributed by atoms with E-state index < -0.39 is 20.0 Å². The Labute approximate surface area is 512 Å². The largest absolute Gasteiger partial charge is 0.472 e. The first-order chi connectivity index (χ1) is 40.4. The van der Waals surface area contributed by atoms with Gasteiger partial charge in [-0.2, -0.15) is 0 Å². The van der Waals surface area contributed by atoms with E-state index in [-0.39, 0.29) is 31.5 Å². The van der Waals surface area contributed by atoms with Crippen molar-refractivity contribution in [3.05, 3.63) is 109 Å². The van der Waals surface area contributed by atoms with Crippen molar-refractivity contribution in [2.75, 3.05) is 40.9 Å². The molecule has 83 heavy (non-hydrogen) atoms. The van der Waals surface area contributed by atoms with Gasteiger partial charge in [-0.3, -0.25) is 18.6 Å². The number of unbranched alkanes of at least 4 members (excludes halogenated alkanes) is 29. The first-order valence-electron chi connectivity index (χ1n) is 34.2. The highest BCUT2D eigenvalue weighted by molar-refractivity contribution is 7.47. The number of ether oxygens (including phenoxy) is 1. The predicted octanol–water partition coefficient (Wildman–Crippen LogP) is 21.7. The fraction of sp³-hybridized carbons (Fsp3) is 0.726. The number of likely N-dealkylation sites (N-methyl/N-ethyl adjacent to an activating group) is 1. The summed E-state index contributed by atoms with van der Waals surface area (Å²) in [6.45, 7) is 6.86. The van der Waals surface area contributed by atoms with Gasteiger partial charge in [0.2, 0.25) is 5.91 Å². The molecule has 2 N–H and O–H groups in total. The lowest BCUT2D eigenvalue weighted by molar-refractivity contribution is -0.870. The molecule has 0 heterocycles. The van der Waals surface area contributed by atoms with Gasteiger partial charge >= 0.3 is 13.8 Å². The third kappa shape index (κ3) is 63.0. The lowest BCUT2D eigenvalue weighted by atomic mass is 10.0. The highest BCUT2D eigenvalue weighted by Crippen LogP contribution is 2.43. The van der Waals surface area contributed by atoms with Crippen LogP contribution in [0.25, 0.3) is 0 Å². The molecule has 10 heteroatoms. The number of amides is 1. The molecule has 0 rings (SSSR count). The number of quaternary nitrogens is 1. The molecular formula is C73H130N2O7P+. The average Bonchev–Trinajstić information content (AvgIpc) is 3.47. The molecule has 0 fully saturated rings. The summed E-state index contributed by atoms with van der Waals surface area (Å²) in [6, 6.07) is -0.866. The van der Waals surface area contributed by atoms with Crippen LogP contribution in [-0.2, 0) is 27.9 Å². The van der Waals surface area contributed by atoms with E-state index in [1.54, 1.807) is 0 Å². The number of hydrogen-bond acceptors (Lipinski definition) is 6. The zero-order valence-corrected chi connectivity index (χ0v) is 55.6. The number of rotatable bonds is 61. The van der Waals surface area contributed by atoms with Gasteiger partial charge in [0, 0.05) is 12.8 Å². The van der Waals surface area contributed by atoms with Gasteiger partial charge in [-0.05, 0) is 115 Å². The Balaban J connectivity index is 5.15. The van der Waals surface area contributed by atoms with Crippen LogP contribution in [0.4, 0.5) is 0 Å². The summed E-state index contributed by atoms with van der Waals surface area (Å²) in [5, 5.41) is 3.06. The van der Waals surface area contributed by atoms with E-state index in [1.807, 2.05) is 33.3 Å². The van der Waals surface area contributed by atoms with Gasteiger partial charge in [-0.25, -0.2) is 4.57 Å². The van der Waals surface area contributed by atoms with Crippen LogP contribution in [0.15, 0.2) is 109 Å².